The molecule has 1 aliphatic rings. The van der Waals surface area contributed by atoms with Crippen molar-refractivity contribution in [3.63, 3.8) is 0 Å². The molecule has 0 aliphatic heterocycles. The van der Waals surface area contributed by atoms with Crippen molar-refractivity contribution in [3.8, 4) is 0 Å². The fourth-order valence-electron chi connectivity index (χ4n) is 1.80. The van der Waals surface area contributed by atoms with Crippen molar-refractivity contribution in [2.45, 2.75) is 32.4 Å². The van der Waals surface area contributed by atoms with E-state index in [0.717, 1.165) is 25.0 Å². The highest BCUT2D eigenvalue weighted by Crippen LogP contribution is 2.28. The molecule has 0 radical (unpaired) electrons. The molecule has 1 saturated carbocycles. The monoisotopic (exact) mass is 422 g/mol. The Morgan fingerprint density at radius 2 is 1.95 bits per heavy atom. The van der Waals surface area contributed by atoms with Gasteiger partial charge in [-0.1, -0.05) is 0 Å². The lowest BCUT2D eigenvalue weighted by atomic mass is 10.4. The highest BCUT2D eigenvalue weighted by molar-refractivity contribution is 14.0. The summed E-state index contributed by atoms with van der Waals surface area (Å²) >= 11 is 0. The molecule has 0 spiro atoms. The van der Waals surface area contributed by atoms with Crippen LogP contribution in [0.15, 0.2) is 4.99 Å². The van der Waals surface area contributed by atoms with Gasteiger partial charge in [0.05, 0.1) is 6.54 Å². The molecule has 0 unspecified atom stereocenters. The summed E-state index contributed by atoms with van der Waals surface area (Å²) in [6.45, 7) is 3.79. The first-order chi connectivity index (χ1) is 9.40. The number of nitrogens with zero attached hydrogens (tertiary/aromatic N) is 2. The molecule has 126 valence electrons. The van der Waals surface area contributed by atoms with Crippen molar-refractivity contribution < 1.29 is 13.2 Å². The van der Waals surface area contributed by atoms with Gasteiger partial charge in [0.15, 0.2) is 5.96 Å². The second-order valence-corrected chi connectivity index (χ2v) is 5.30. The Balaban J connectivity index is 0.00000400. The first-order valence-corrected chi connectivity index (χ1v) is 7.18. The summed E-state index contributed by atoms with van der Waals surface area (Å²) < 4.78 is 36.4. The maximum atomic E-state index is 12.1. The highest BCUT2D eigenvalue weighted by atomic mass is 127. The van der Waals surface area contributed by atoms with E-state index in [1.807, 2.05) is 6.92 Å². The molecule has 0 aromatic carbocycles. The Bertz CT molecular complexity index is 306. The third kappa shape index (κ3) is 12.0. The zero-order valence-electron chi connectivity index (χ0n) is 12.7. The summed E-state index contributed by atoms with van der Waals surface area (Å²) in [4.78, 5) is 5.74. The lowest BCUT2D eigenvalue weighted by Gasteiger charge is -2.18. The molecule has 0 amide bonds. The fraction of sp³-hybridized carbons (Fsp3) is 0.923. The Labute approximate surface area is 142 Å². The van der Waals surface area contributed by atoms with Crippen molar-refractivity contribution in [1.29, 1.82) is 0 Å². The molecule has 4 nitrogen and oxygen atoms in total. The minimum absolute atomic E-state index is 0. The summed E-state index contributed by atoms with van der Waals surface area (Å²) in [5.74, 6) is 1.49. The number of hydrogen-bond donors (Lipinski definition) is 2. The lowest BCUT2D eigenvalue weighted by molar-refractivity contribution is -0.143. The number of hydrogen-bond acceptors (Lipinski definition) is 2. The zero-order valence-corrected chi connectivity index (χ0v) is 15.0. The molecule has 0 saturated heterocycles. The van der Waals surface area contributed by atoms with Crippen LogP contribution >= 0.6 is 24.0 Å². The van der Waals surface area contributed by atoms with Gasteiger partial charge in [-0.05, 0) is 45.7 Å². The van der Waals surface area contributed by atoms with E-state index in [4.69, 9.17) is 0 Å². The Hall–Kier alpha value is -0.250. The van der Waals surface area contributed by atoms with Gasteiger partial charge in [-0.25, -0.2) is 0 Å². The van der Waals surface area contributed by atoms with Gasteiger partial charge >= 0.3 is 6.18 Å². The second-order valence-electron chi connectivity index (χ2n) is 5.30. The van der Waals surface area contributed by atoms with Gasteiger partial charge in [0.2, 0.25) is 0 Å². The first kappa shape index (κ1) is 20.8. The van der Waals surface area contributed by atoms with Gasteiger partial charge in [-0.2, -0.15) is 13.2 Å². The first-order valence-electron chi connectivity index (χ1n) is 7.18. The summed E-state index contributed by atoms with van der Waals surface area (Å²) in [5.41, 5.74) is 0. The maximum Gasteiger partial charge on any atom is 0.401 e. The Kier molecular flexibility index (Phi) is 10.3. The van der Waals surface area contributed by atoms with Crippen LogP contribution in [0.1, 0.15) is 26.2 Å². The minimum Gasteiger partial charge on any atom is -0.357 e. The molecule has 2 N–H and O–H groups in total. The number of nitrogens with one attached hydrogen (secondary N) is 2. The molecule has 1 aliphatic carbocycles. The fourth-order valence-corrected chi connectivity index (χ4v) is 1.80. The van der Waals surface area contributed by atoms with Gasteiger partial charge in [-0.3, -0.25) is 9.89 Å². The van der Waals surface area contributed by atoms with Crippen LogP contribution in [-0.2, 0) is 0 Å². The topological polar surface area (TPSA) is 39.7 Å². The van der Waals surface area contributed by atoms with Gasteiger partial charge in [0, 0.05) is 19.6 Å². The van der Waals surface area contributed by atoms with Gasteiger partial charge in [0.1, 0.15) is 0 Å². The maximum absolute atomic E-state index is 12.1. The highest BCUT2D eigenvalue weighted by Gasteiger charge is 2.28. The van der Waals surface area contributed by atoms with E-state index >= 15 is 0 Å². The van der Waals surface area contributed by atoms with E-state index < -0.39 is 12.7 Å². The van der Waals surface area contributed by atoms with Crippen molar-refractivity contribution >= 4 is 29.9 Å². The molecule has 21 heavy (non-hydrogen) atoms. The molecular weight excluding hydrogens is 396 g/mol. The lowest BCUT2D eigenvalue weighted by Crippen LogP contribution is -2.39. The molecular formula is C13H26F3IN4. The Morgan fingerprint density at radius 1 is 1.29 bits per heavy atom. The minimum atomic E-state index is -4.12. The average molecular weight is 422 g/mol. The van der Waals surface area contributed by atoms with E-state index in [2.05, 4.69) is 15.6 Å². The van der Waals surface area contributed by atoms with E-state index in [0.29, 0.717) is 19.5 Å². The molecule has 1 fully saturated rings. The third-order valence-electron chi connectivity index (χ3n) is 3.01. The summed E-state index contributed by atoms with van der Waals surface area (Å²) in [6.07, 6.45) is -0.959. The molecule has 1 rings (SSSR count). The molecule has 0 aromatic heterocycles. The molecule has 0 heterocycles. The predicted molar refractivity (Wildman–Crippen MR) is 90.3 cm³/mol. The van der Waals surface area contributed by atoms with Crippen LogP contribution in [0.4, 0.5) is 13.2 Å². The number of aliphatic imine (C=N–C) groups is 1. The molecule has 8 heteroatoms. The molecule has 0 aromatic rings. The number of alkyl halides is 3. The van der Waals surface area contributed by atoms with Crippen LogP contribution in [0.25, 0.3) is 0 Å². The van der Waals surface area contributed by atoms with Crippen LogP contribution in [0, 0.1) is 5.92 Å². The normalized spacial score (nSPS) is 15.8. The van der Waals surface area contributed by atoms with Gasteiger partial charge in [0.25, 0.3) is 0 Å². The van der Waals surface area contributed by atoms with Gasteiger partial charge in [-0.15, -0.1) is 24.0 Å². The van der Waals surface area contributed by atoms with Crippen molar-refractivity contribution in [2.24, 2.45) is 10.9 Å². The van der Waals surface area contributed by atoms with E-state index in [1.165, 1.54) is 24.8 Å². The van der Waals surface area contributed by atoms with Crippen LogP contribution < -0.4 is 10.6 Å². The number of halogens is 4. The third-order valence-corrected chi connectivity index (χ3v) is 3.01. The second kappa shape index (κ2) is 10.5. The standard InChI is InChI=1S/C13H25F3N4.HI/c1-3-17-12(19-9-11-5-6-11)18-7-4-8-20(2)10-13(14,15)16;/h11H,3-10H2,1-2H3,(H2,17,18,19);1H. The number of rotatable bonds is 8. The smallest absolute Gasteiger partial charge is 0.357 e. The SMILES string of the molecule is CCNC(=NCC1CC1)NCCCN(C)CC(F)(F)F.I. The van der Waals surface area contributed by atoms with Crippen LogP contribution in [-0.4, -0.2) is 56.8 Å². The molecule has 0 bridgehead atoms. The van der Waals surface area contributed by atoms with Crippen LogP contribution in [0.3, 0.4) is 0 Å². The van der Waals surface area contributed by atoms with Crippen molar-refractivity contribution in [2.75, 3.05) is 39.8 Å². The molecule has 0 atom stereocenters. The average Bonchev–Trinajstić information content (AvgIpc) is 3.13. The summed E-state index contributed by atoms with van der Waals surface area (Å²) in [6, 6.07) is 0. The summed E-state index contributed by atoms with van der Waals surface area (Å²) in [7, 11) is 1.49. The van der Waals surface area contributed by atoms with Crippen LogP contribution in [0.5, 0.6) is 0 Å². The van der Waals surface area contributed by atoms with Crippen molar-refractivity contribution in [1.82, 2.24) is 15.5 Å². The summed E-state index contributed by atoms with van der Waals surface area (Å²) in [5, 5.41) is 6.29. The van der Waals surface area contributed by atoms with E-state index in [1.54, 1.807) is 0 Å². The number of guanidine groups is 1. The largest absolute Gasteiger partial charge is 0.401 e. The van der Waals surface area contributed by atoms with Crippen molar-refractivity contribution in [3.05, 3.63) is 0 Å². The van der Waals surface area contributed by atoms with Gasteiger partial charge < -0.3 is 10.6 Å². The zero-order chi connectivity index (χ0) is 15.0. The van der Waals surface area contributed by atoms with E-state index in [9.17, 15) is 13.2 Å². The Morgan fingerprint density at radius 3 is 2.48 bits per heavy atom. The van der Waals surface area contributed by atoms with Crippen LogP contribution in [0.2, 0.25) is 0 Å². The predicted octanol–water partition coefficient (Wildman–Crippen LogP) is 2.45. The quantitative estimate of drug-likeness (QED) is 0.273. The van der Waals surface area contributed by atoms with E-state index in [-0.39, 0.29) is 24.0 Å².